The van der Waals surface area contributed by atoms with Crippen molar-refractivity contribution >= 4 is 11.8 Å². The Bertz CT molecular complexity index is 83.6. The largest absolute Gasteiger partial charge is 0.320 e. The molecule has 0 amide bonds. The van der Waals surface area contributed by atoms with Gasteiger partial charge >= 0.3 is 0 Å². The minimum Gasteiger partial charge on any atom is -0.320 e. The summed E-state index contributed by atoms with van der Waals surface area (Å²) < 4.78 is 0. The number of nitrogens with one attached hydrogen (secondary N) is 1. The van der Waals surface area contributed by atoms with Gasteiger partial charge in [0.1, 0.15) is 0 Å². The smallest absolute Gasteiger partial charge is 0.00417 e. The van der Waals surface area contributed by atoms with Crippen molar-refractivity contribution in [3.05, 3.63) is 0 Å². The van der Waals surface area contributed by atoms with Crippen molar-refractivity contribution in [1.29, 1.82) is 0 Å². The Morgan fingerprint density at radius 3 is 2.36 bits per heavy atom. The Morgan fingerprint density at radius 2 is 1.91 bits per heavy atom. The average Bonchev–Trinajstić information content (AvgIpc) is 1.97. The van der Waals surface area contributed by atoms with Crippen LogP contribution in [0.1, 0.15) is 27.2 Å². The third kappa shape index (κ3) is 6.70. The van der Waals surface area contributed by atoms with Crippen molar-refractivity contribution in [2.45, 2.75) is 32.4 Å². The van der Waals surface area contributed by atoms with E-state index in [2.05, 4.69) is 37.8 Å². The van der Waals surface area contributed by atoms with Crippen molar-refractivity contribution in [2.75, 3.05) is 19.3 Å². The SMILES string of the molecule is CNCCCSC(C)C(C)C. The fraction of sp³-hybridized carbons (Fsp3) is 1.00. The van der Waals surface area contributed by atoms with E-state index < -0.39 is 0 Å². The van der Waals surface area contributed by atoms with Crippen LogP contribution in [0, 0.1) is 5.92 Å². The maximum Gasteiger partial charge on any atom is 0.00417 e. The molecule has 0 bridgehead atoms. The molecule has 68 valence electrons. The average molecular weight is 175 g/mol. The Kier molecular flexibility index (Phi) is 7.18. The second-order valence-electron chi connectivity index (χ2n) is 3.28. The molecule has 11 heavy (non-hydrogen) atoms. The molecule has 0 aliphatic carbocycles. The van der Waals surface area contributed by atoms with E-state index >= 15 is 0 Å². The first-order chi connectivity index (χ1) is 5.18. The summed E-state index contributed by atoms with van der Waals surface area (Å²) in [5, 5.41) is 3.97. The van der Waals surface area contributed by atoms with Crippen molar-refractivity contribution in [2.24, 2.45) is 5.92 Å². The van der Waals surface area contributed by atoms with E-state index in [0.29, 0.717) is 0 Å². The zero-order chi connectivity index (χ0) is 8.69. The van der Waals surface area contributed by atoms with Crippen LogP contribution in [-0.2, 0) is 0 Å². The molecule has 0 aromatic rings. The number of rotatable bonds is 6. The molecule has 0 heterocycles. The summed E-state index contributed by atoms with van der Waals surface area (Å²) in [5.41, 5.74) is 0. The zero-order valence-electron chi connectivity index (χ0n) is 8.18. The molecule has 0 radical (unpaired) electrons. The van der Waals surface area contributed by atoms with Gasteiger partial charge in [-0.3, -0.25) is 0 Å². The Balaban J connectivity index is 3.10. The third-order valence-electron chi connectivity index (χ3n) is 1.89. The lowest BCUT2D eigenvalue weighted by molar-refractivity contribution is 0.641. The zero-order valence-corrected chi connectivity index (χ0v) is 9.00. The predicted molar refractivity (Wildman–Crippen MR) is 55.3 cm³/mol. The summed E-state index contributed by atoms with van der Waals surface area (Å²) in [5.74, 6) is 2.11. The van der Waals surface area contributed by atoms with Gasteiger partial charge in [0, 0.05) is 5.25 Å². The van der Waals surface area contributed by atoms with Gasteiger partial charge in [0.05, 0.1) is 0 Å². The normalized spacial score (nSPS) is 13.9. The van der Waals surface area contributed by atoms with Crippen molar-refractivity contribution in [1.82, 2.24) is 5.32 Å². The van der Waals surface area contributed by atoms with Gasteiger partial charge in [-0.15, -0.1) is 0 Å². The lowest BCUT2D eigenvalue weighted by atomic mass is 10.2. The Hall–Kier alpha value is 0.310. The van der Waals surface area contributed by atoms with Crippen LogP contribution >= 0.6 is 11.8 Å². The van der Waals surface area contributed by atoms with Crippen LogP contribution in [0.3, 0.4) is 0 Å². The van der Waals surface area contributed by atoms with E-state index in [-0.39, 0.29) is 0 Å². The fourth-order valence-electron chi connectivity index (χ4n) is 0.711. The summed E-state index contributed by atoms with van der Waals surface area (Å²) in [4.78, 5) is 0. The molecular weight excluding hydrogens is 154 g/mol. The lowest BCUT2D eigenvalue weighted by Gasteiger charge is -2.14. The van der Waals surface area contributed by atoms with Gasteiger partial charge in [-0.25, -0.2) is 0 Å². The molecule has 1 unspecified atom stereocenters. The molecule has 2 heteroatoms. The molecule has 0 spiro atoms. The van der Waals surface area contributed by atoms with Crippen LogP contribution in [0.2, 0.25) is 0 Å². The van der Waals surface area contributed by atoms with Crippen LogP contribution in [0.15, 0.2) is 0 Å². The maximum absolute atomic E-state index is 3.16. The van der Waals surface area contributed by atoms with Crippen LogP contribution in [0.4, 0.5) is 0 Å². The lowest BCUT2D eigenvalue weighted by Crippen LogP contribution is -2.11. The summed E-state index contributed by atoms with van der Waals surface area (Å²) in [6.45, 7) is 8.04. The Labute approximate surface area is 75.3 Å². The molecule has 0 rings (SSSR count). The topological polar surface area (TPSA) is 12.0 Å². The van der Waals surface area contributed by atoms with Crippen LogP contribution in [-0.4, -0.2) is 24.6 Å². The van der Waals surface area contributed by atoms with E-state index in [1.165, 1.54) is 12.2 Å². The molecular formula is C9H21NS. The van der Waals surface area contributed by atoms with E-state index in [1.54, 1.807) is 0 Å². The first-order valence-corrected chi connectivity index (χ1v) is 5.49. The van der Waals surface area contributed by atoms with Gasteiger partial charge in [-0.1, -0.05) is 20.8 Å². The molecule has 0 saturated carbocycles. The highest BCUT2D eigenvalue weighted by molar-refractivity contribution is 7.99. The first kappa shape index (κ1) is 11.3. The number of thioether (sulfide) groups is 1. The van der Waals surface area contributed by atoms with Crippen molar-refractivity contribution in [3.8, 4) is 0 Å². The summed E-state index contributed by atoms with van der Waals surface area (Å²) in [6.07, 6.45) is 1.29. The predicted octanol–water partition coefficient (Wildman–Crippen LogP) is 2.37. The molecule has 0 aromatic carbocycles. The molecule has 0 saturated heterocycles. The van der Waals surface area contributed by atoms with Gasteiger partial charge in [-0.2, -0.15) is 11.8 Å². The van der Waals surface area contributed by atoms with Crippen LogP contribution in [0.5, 0.6) is 0 Å². The van der Waals surface area contributed by atoms with E-state index in [9.17, 15) is 0 Å². The minimum atomic E-state index is 0.812. The van der Waals surface area contributed by atoms with Crippen molar-refractivity contribution < 1.29 is 0 Å². The van der Waals surface area contributed by atoms with E-state index in [1.807, 2.05) is 7.05 Å². The van der Waals surface area contributed by atoms with Gasteiger partial charge in [0.15, 0.2) is 0 Å². The van der Waals surface area contributed by atoms with Crippen LogP contribution < -0.4 is 5.32 Å². The van der Waals surface area contributed by atoms with E-state index in [4.69, 9.17) is 0 Å². The standard InChI is InChI=1S/C9H21NS/c1-8(2)9(3)11-7-5-6-10-4/h8-10H,5-7H2,1-4H3. The molecule has 1 N–H and O–H groups in total. The third-order valence-corrected chi connectivity index (χ3v) is 3.49. The van der Waals surface area contributed by atoms with Crippen LogP contribution in [0.25, 0.3) is 0 Å². The van der Waals surface area contributed by atoms with Gasteiger partial charge < -0.3 is 5.32 Å². The van der Waals surface area contributed by atoms with Crippen molar-refractivity contribution in [3.63, 3.8) is 0 Å². The van der Waals surface area contributed by atoms with Gasteiger partial charge in [-0.05, 0) is 31.7 Å². The summed E-state index contributed by atoms with van der Waals surface area (Å²) in [7, 11) is 2.01. The molecule has 1 atom stereocenters. The second kappa shape index (κ2) is 6.99. The summed E-state index contributed by atoms with van der Waals surface area (Å²) in [6, 6.07) is 0. The fourth-order valence-corrected chi connectivity index (χ4v) is 1.78. The highest BCUT2D eigenvalue weighted by Gasteiger charge is 2.05. The first-order valence-electron chi connectivity index (χ1n) is 4.44. The monoisotopic (exact) mass is 175 g/mol. The molecule has 1 nitrogen and oxygen atoms in total. The Morgan fingerprint density at radius 1 is 1.27 bits per heavy atom. The second-order valence-corrected chi connectivity index (χ2v) is 4.76. The molecule has 0 fully saturated rings. The number of hydrogen-bond acceptors (Lipinski definition) is 2. The minimum absolute atomic E-state index is 0.812. The molecule has 0 aliphatic rings. The quantitative estimate of drug-likeness (QED) is 0.622. The van der Waals surface area contributed by atoms with Gasteiger partial charge in [0.25, 0.3) is 0 Å². The summed E-state index contributed by atoms with van der Waals surface area (Å²) >= 11 is 2.08. The highest BCUT2D eigenvalue weighted by Crippen LogP contribution is 2.18. The maximum atomic E-state index is 3.16. The molecule has 0 aliphatic heterocycles. The van der Waals surface area contributed by atoms with Gasteiger partial charge in [0.2, 0.25) is 0 Å². The highest BCUT2D eigenvalue weighted by atomic mass is 32.2. The number of hydrogen-bond donors (Lipinski definition) is 1. The van der Waals surface area contributed by atoms with E-state index in [0.717, 1.165) is 17.7 Å². The molecule has 0 aromatic heterocycles.